The summed E-state index contributed by atoms with van der Waals surface area (Å²) in [5, 5.41) is 4.76. The molecule has 0 aliphatic heterocycles. The van der Waals surface area contributed by atoms with Gasteiger partial charge in [-0.1, -0.05) is 6.92 Å². The Morgan fingerprint density at radius 1 is 1.58 bits per heavy atom. The Morgan fingerprint density at radius 2 is 2.33 bits per heavy atom. The van der Waals surface area contributed by atoms with Gasteiger partial charge in [0, 0.05) is 6.54 Å². The van der Waals surface area contributed by atoms with Crippen LogP contribution in [0.4, 0.5) is 0 Å². The zero-order valence-electron chi connectivity index (χ0n) is 7.39. The minimum absolute atomic E-state index is 0.0596. The standard InChI is InChI=1S/C9H13NOS/c1-3-7-5-6-12-8(7)9(11)10-4-2/h5-6H,3-4H2,1-2H3,(H,10,11). The maximum atomic E-state index is 11.4. The van der Waals surface area contributed by atoms with E-state index in [0.717, 1.165) is 16.9 Å². The molecule has 1 amide bonds. The summed E-state index contributed by atoms with van der Waals surface area (Å²) in [5.41, 5.74) is 1.14. The van der Waals surface area contributed by atoms with Crippen molar-refractivity contribution in [3.8, 4) is 0 Å². The van der Waals surface area contributed by atoms with Gasteiger partial charge < -0.3 is 5.32 Å². The van der Waals surface area contributed by atoms with Gasteiger partial charge in [-0.3, -0.25) is 4.79 Å². The van der Waals surface area contributed by atoms with Gasteiger partial charge in [-0.25, -0.2) is 0 Å². The van der Waals surface area contributed by atoms with Gasteiger partial charge in [0.2, 0.25) is 0 Å². The van der Waals surface area contributed by atoms with Crippen LogP contribution < -0.4 is 5.32 Å². The minimum Gasteiger partial charge on any atom is -0.352 e. The molecule has 0 bridgehead atoms. The molecule has 1 aromatic heterocycles. The van der Waals surface area contributed by atoms with E-state index >= 15 is 0 Å². The van der Waals surface area contributed by atoms with Crippen molar-refractivity contribution in [2.24, 2.45) is 0 Å². The Bertz CT molecular complexity index is 267. The third-order valence-electron chi connectivity index (χ3n) is 1.67. The lowest BCUT2D eigenvalue weighted by molar-refractivity contribution is 0.0959. The highest BCUT2D eigenvalue weighted by Crippen LogP contribution is 2.16. The molecule has 0 aromatic carbocycles. The summed E-state index contributed by atoms with van der Waals surface area (Å²) in [7, 11) is 0. The van der Waals surface area contributed by atoms with Gasteiger partial charge in [-0.15, -0.1) is 11.3 Å². The molecular weight excluding hydrogens is 170 g/mol. The molecular formula is C9H13NOS. The minimum atomic E-state index is 0.0596. The molecule has 0 fully saturated rings. The van der Waals surface area contributed by atoms with Crippen LogP contribution in [0.1, 0.15) is 29.1 Å². The highest BCUT2D eigenvalue weighted by molar-refractivity contribution is 7.12. The normalized spacial score (nSPS) is 9.83. The van der Waals surface area contributed by atoms with E-state index in [-0.39, 0.29) is 5.91 Å². The number of aryl methyl sites for hydroxylation is 1. The molecule has 0 aliphatic carbocycles. The Morgan fingerprint density at radius 3 is 2.92 bits per heavy atom. The Hall–Kier alpha value is -0.830. The van der Waals surface area contributed by atoms with Gasteiger partial charge in [0.15, 0.2) is 0 Å². The molecule has 0 atom stereocenters. The fraction of sp³-hybridized carbons (Fsp3) is 0.444. The fourth-order valence-corrected chi connectivity index (χ4v) is 1.97. The van der Waals surface area contributed by atoms with Crippen LogP contribution in [-0.2, 0) is 6.42 Å². The number of amides is 1. The van der Waals surface area contributed by atoms with Crippen LogP contribution in [0.3, 0.4) is 0 Å². The Balaban J connectivity index is 2.79. The SMILES string of the molecule is CCNC(=O)c1sccc1CC. The van der Waals surface area contributed by atoms with Crippen molar-refractivity contribution >= 4 is 17.2 Å². The lowest BCUT2D eigenvalue weighted by Gasteiger charge is -2.00. The van der Waals surface area contributed by atoms with Crippen molar-refractivity contribution in [1.82, 2.24) is 5.32 Å². The van der Waals surface area contributed by atoms with Gasteiger partial charge in [-0.05, 0) is 30.4 Å². The van der Waals surface area contributed by atoms with E-state index in [4.69, 9.17) is 0 Å². The van der Waals surface area contributed by atoms with E-state index in [0.29, 0.717) is 6.54 Å². The van der Waals surface area contributed by atoms with Gasteiger partial charge in [0.05, 0.1) is 4.88 Å². The average molecular weight is 183 g/mol. The van der Waals surface area contributed by atoms with Crippen LogP contribution in [-0.4, -0.2) is 12.5 Å². The number of hydrogen-bond acceptors (Lipinski definition) is 2. The van der Waals surface area contributed by atoms with Crippen molar-refractivity contribution in [1.29, 1.82) is 0 Å². The monoisotopic (exact) mass is 183 g/mol. The molecule has 1 heterocycles. The highest BCUT2D eigenvalue weighted by atomic mass is 32.1. The van der Waals surface area contributed by atoms with Gasteiger partial charge in [-0.2, -0.15) is 0 Å². The predicted molar refractivity (Wildman–Crippen MR) is 51.7 cm³/mol. The molecule has 0 radical (unpaired) electrons. The first-order valence-electron chi connectivity index (χ1n) is 4.14. The topological polar surface area (TPSA) is 29.1 Å². The number of carbonyl (C=O) groups is 1. The van der Waals surface area contributed by atoms with Crippen LogP contribution in [0, 0.1) is 0 Å². The zero-order valence-corrected chi connectivity index (χ0v) is 8.20. The van der Waals surface area contributed by atoms with Gasteiger partial charge >= 0.3 is 0 Å². The molecule has 1 aromatic rings. The summed E-state index contributed by atoms with van der Waals surface area (Å²) in [6, 6.07) is 2.01. The molecule has 0 aliphatic rings. The number of rotatable bonds is 3. The van der Waals surface area contributed by atoms with Crippen molar-refractivity contribution in [3.63, 3.8) is 0 Å². The van der Waals surface area contributed by atoms with Gasteiger partial charge in [0.1, 0.15) is 0 Å². The zero-order chi connectivity index (χ0) is 8.97. The van der Waals surface area contributed by atoms with Crippen molar-refractivity contribution in [2.45, 2.75) is 20.3 Å². The third-order valence-corrected chi connectivity index (χ3v) is 2.63. The van der Waals surface area contributed by atoms with Crippen LogP contribution in [0.25, 0.3) is 0 Å². The van der Waals surface area contributed by atoms with E-state index in [2.05, 4.69) is 12.2 Å². The molecule has 66 valence electrons. The summed E-state index contributed by atoms with van der Waals surface area (Å²) in [5.74, 6) is 0.0596. The number of hydrogen-bond donors (Lipinski definition) is 1. The van der Waals surface area contributed by atoms with Crippen molar-refractivity contribution < 1.29 is 4.79 Å². The van der Waals surface area contributed by atoms with Crippen LogP contribution in [0.2, 0.25) is 0 Å². The van der Waals surface area contributed by atoms with E-state index in [1.807, 2.05) is 18.4 Å². The second-order valence-electron chi connectivity index (χ2n) is 2.49. The number of thiophene rings is 1. The average Bonchev–Trinajstić information content (AvgIpc) is 2.51. The van der Waals surface area contributed by atoms with Crippen molar-refractivity contribution in [3.05, 3.63) is 21.9 Å². The second kappa shape index (κ2) is 4.26. The first kappa shape index (κ1) is 9.26. The van der Waals surface area contributed by atoms with Crippen molar-refractivity contribution in [2.75, 3.05) is 6.54 Å². The molecule has 1 rings (SSSR count). The molecule has 3 heteroatoms. The summed E-state index contributed by atoms with van der Waals surface area (Å²) in [6.45, 7) is 4.68. The largest absolute Gasteiger partial charge is 0.352 e. The molecule has 2 nitrogen and oxygen atoms in total. The molecule has 12 heavy (non-hydrogen) atoms. The van der Waals surface area contributed by atoms with Gasteiger partial charge in [0.25, 0.3) is 5.91 Å². The first-order chi connectivity index (χ1) is 5.79. The molecule has 0 spiro atoms. The summed E-state index contributed by atoms with van der Waals surface area (Å²) >= 11 is 1.51. The smallest absolute Gasteiger partial charge is 0.261 e. The first-order valence-corrected chi connectivity index (χ1v) is 5.02. The van der Waals surface area contributed by atoms with E-state index in [9.17, 15) is 4.79 Å². The van der Waals surface area contributed by atoms with Crippen LogP contribution in [0.5, 0.6) is 0 Å². The van der Waals surface area contributed by atoms with E-state index in [1.165, 1.54) is 11.3 Å². The molecule has 1 N–H and O–H groups in total. The molecule has 0 unspecified atom stereocenters. The molecule has 0 saturated carbocycles. The Kier molecular flexibility index (Phi) is 3.29. The summed E-state index contributed by atoms with van der Waals surface area (Å²) in [4.78, 5) is 12.2. The van der Waals surface area contributed by atoms with E-state index in [1.54, 1.807) is 0 Å². The predicted octanol–water partition coefficient (Wildman–Crippen LogP) is 2.06. The lowest BCUT2D eigenvalue weighted by atomic mass is 10.2. The highest BCUT2D eigenvalue weighted by Gasteiger charge is 2.09. The lowest BCUT2D eigenvalue weighted by Crippen LogP contribution is -2.22. The number of carbonyl (C=O) groups excluding carboxylic acids is 1. The maximum Gasteiger partial charge on any atom is 0.261 e. The third kappa shape index (κ3) is 1.85. The second-order valence-corrected chi connectivity index (χ2v) is 3.40. The summed E-state index contributed by atoms with van der Waals surface area (Å²) in [6.07, 6.45) is 0.927. The Labute approximate surface area is 76.6 Å². The summed E-state index contributed by atoms with van der Waals surface area (Å²) < 4.78 is 0. The molecule has 0 saturated heterocycles. The van der Waals surface area contributed by atoms with Crippen LogP contribution >= 0.6 is 11.3 Å². The van der Waals surface area contributed by atoms with E-state index < -0.39 is 0 Å². The quantitative estimate of drug-likeness (QED) is 0.763. The maximum absolute atomic E-state index is 11.4. The fourth-order valence-electron chi connectivity index (χ4n) is 1.05. The van der Waals surface area contributed by atoms with Crippen LogP contribution in [0.15, 0.2) is 11.4 Å². The number of nitrogens with one attached hydrogen (secondary N) is 1.